The van der Waals surface area contributed by atoms with Crippen LogP contribution in [0.3, 0.4) is 0 Å². The summed E-state index contributed by atoms with van der Waals surface area (Å²) in [6, 6.07) is 0. The van der Waals surface area contributed by atoms with Gasteiger partial charge in [0.25, 0.3) is 3.92 Å². The van der Waals surface area contributed by atoms with E-state index in [1.165, 1.54) is 10.9 Å². The van der Waals surface area contributed by atoms with Crippen LogP contribution in [0.1, 0.15) is 0 Å². The number of halogens is 4. The van der Waals surface area contributed by atoms with Crippen molar-refractivity contribution in [1.82, 2.24) is 14.3 Å². The van der Waals surface area contributed by atoms with Crippen molar-refractivity contribution in [1.29, 1.82) is 0 Å². The van der Waals surface area contributed by atoms with Crippen LogP contribution in [0, 0.1) is 0 Å². The first kappa shape index (κ1) is 14.1. The molecule has 0 spiro atoms. The molecule has 2 rings (SSSR count). The highest BCUT2D eigenvalue weighted by Gasteiger charge is 2.29. The van der Waals surface area contributed by atoms with E-state index in [9.17, 15) is 4.79 Å². The van der Waals surface area contributed by atoms with Crippen LogP contribution >= 0.6 is 58.6 Å². The molecule has 1 unspecified atom stereocenters. The Hall–Kier alpha value is -0.330. The second-order valence-electron chi connectivity index (χ2n) is 3.38. The summed E-state index contributed by atoms with van der Waals surface area (Å²) in [5.41, 5.74) is -0.139. The van der Waals surface area contributed by atoms with Crippen molar-refractivity contribution in [3.05, 3.63) is 35.0 Å². The second kappa shape index (κ2) is 4.98. The molecule has 0 saturated carbocycles. The molecular weight excluding hydrogens is 340 g/mol. The minimum atomic E-state index is -1.95. The van der Waals surface area contributed by atoms with Crippen molar-refractivity contribution in [3.8, 4) is 0 Å². The maximum Gasteiger partial charge on any atom is 0.354 e. The number of hydrogen-bond donors (Lipinski definition) is 0. The largest absolute Gasteiger partial charge is 0.354 e. The van der Waals surface area contributed by atoms with Crippen molar-refractivity contribution in [2.45, 2.75) is 9.29 Å². The quantitative estimate of drug-likeness (QED) is 0.581. The zero-order valence-corrected chi connectivity index (χ0v) is 12.4. The smallest absolute Gasteiger partial charge is 0.251 e. The molecule has 0 aliphatic heterocycles. The Balaban J connectivity index is 2.52. The maximum atomic E-state index is 12.0. The third-order valence-corrected chi connectivity index (χ3v) is 3.67. The molecule has 1 aromatic rings. The van der Waals surface area contributed by atoms with Crippen molar-refractivity contribution in [3.63, 3.8) is 0 Å². The zero-order chi connectivity index (χ0) is 13.5. The molecule has 1 heterocycles. The highest BCUT2D eigenvalue weighted by atomic mass is 35.6. The van der Waals surface area contributed by atoms with Crippen molar-refractivity contribution in [2.75, 3.05) is 0 Å². The molecule has 96 valence electrons. The van der Waals surface area contributed by atoms with Gasteiger partial charge in [-0.3, -0.25) is 4.57 Å². The van der Waals surface area contributed by atoms with Gasteiger partial charge >= 0.3 is 5.69 Å². The number of nitrogens with zero attached hydrogens (tertiary/aromatic N) is 3. The number of rotatable bonds is 1. The van der Waals surface area contributed by atoms with Gasteiger partial charge in [-0.1, -0.05) is 53.1 Å². The highest BCUT2D eigenvalue weighted by Crippen LogP contribution is 2.30. The van der Waals surface area contributed by atoms with E-state index in [-0.39, 0.29) is 0 Å². The Labute approximate surface area is 127 Å². The lowest BCUT2D eigenvalue weighted by Gasteiger charge is -2.16. The second-order valence-corrected chi connectivity index (χ2v) is 6.51. The maximum absolute atomic E-state index is 12.0. The van der Waals surface area contributed by atoms with E-state index in [1.807, 2.05) is 0 Å². The molecule has 0 saturated heterocycles. The van der Waals surface area contributed by atoms with Crippen LogP contribution in [0.25, 0.3) is 5.70 Å². The Bertz CT molecular complexity index is 610. The summed E-state index contributed by atoms with van der Waals surface area (Å²) in [5.74, 6) is 0. The molecule has 0 N–H and O–H groups in total. The Kier molecular flexibility index (Phi) is 3.90. The Morgan fingerprint density at radius 1 is 1.39 bits per heavy atom. The fourth-order valence-corrected chi connectivity index (χ4v) is 2.21. The minimum Gasteiger partial charge on any atom is -0.251 e. The fraction of sp³-hybridized carbons (Fsp3) is 0.222. The molecular formula is C9H5Cl4N3OS. The normalized spacial score (nSPS) is 20.1. The molecule has 1 atom stereocenters. The number of allylic oxidation sites excluding steroid dienone is 4. The first-order valence-electron chi connectivity index (χ1n) is 4.63. The first-order chi connectivity index (χ1) is 8.32. The summed E-state index contributed by atoms with van der Waals surface area (Å²) < 4.78 is -0.0332. The van der Waals surface area contributed by atoms with Crippen LogP contribution in [-0.2, 0) is 3.92 Å². The van der Waals surface area contributed by atoms with Gasteiger partial charge in [0, 0.05) is 4.86 Å². The van der Waals surface area contributed by atoms with Gasteiger partial charge in [-0.2, -0.15) is 9.78 Å². The summed E-state index contributed by atoms with van der Waals surface area (Å²) in [4.78, 5) is 12.5. The molecule has 0 radical (unpaired) electrons. The summed E-state index contributed by atoms with van der Waals surface area (Å²) in [7, 11) is 0. The van der Waals surface area contributed by atoms with Crippen LogP contribution in [0.15, 0.2) is 29.3 Å². The van der Waals surface area contributed by atoms with Crippen LogP contribution in [0.4, 0.5) is 0 Å². The van der Waals surface area contributed by atoms with Gasteiger partial charge in [-0.05, 0) is 12.2 Å². The first-order valence-corrected chi connectivity index (χ1v) is 6.60. The molecule has 1 aliphatic rings. The molecule has 9 heteroatoms. The van der Waals surface area contributed by atoms with Crippen LogP contribution < -0.4 is 5.69 Å². The average Bonchev–Trinajstić information content (AvgIpc) is 2.64. The highest BCUT2D eigenvalue weighted by molar-refractivity contribution is 7.81. The van der Waals surface area contributed by atoms with Gasteiger partial charge in [0.2, 0.25) is 0 Å². The van der Waals surface area contributed by atoms with Gasteiger partial charge < -0.3 is 0 Å². The summed E-state index contributed by atoms with van der Waals surface area (Å²) in [6.45, 7) is 0. The monoisotopic (exact) mass is 343 g/mol. The standard InChI is InChI=1S/C9H5Cl4N3OS/c10-7-5(2-1-3-6(7)18)15-4-14-16(8(15)17)9(11,12)13/h1-4,7H. The van der Waals surface area contributed by atoms with Crippen LogP contribution in [0.2, 0.25) is 0 Å². The number of hydrogen-bond acceptors (Lipinski definition) is 3. The lowest BCUT2D eigenvalue weighted by Crippen LogP contribution is -2.33. The molecule has 0 amide bonds. The number of thiocarbonyl (C=S) groups is 1. The zero-order valence-electron chi connectivity index (χ0n) is 8.56. The SMILES string of the molecule is O=c1n(C2=CC=CC(=S)C2Cl)cnn1C(Cl)(Cl)Cl. The molecule has 0 bridgehead atoms. The van der Waals surface area contributed by atoms with Crippen molar-refractivity contribution >= 4 is 69.2 Å². The minimum absolute atomic E-state index is 0.467. The third-order valence-electron chi connectivity index (χ3n) is 2.23. The molecule has 4 nitrogen and oxygen atoms in total. The van der Waals surface area contributed by atoms with Gasteiger partial charge in [0.05, 0.1) is 5.70 Å². The lowest BCUT2D eigenvalue weighted by atomic mass is 10.1. The van der Waals surface area contributed by atoms with Gasteiger partial charge in [0.15, 0.2) is 0 Å². The van der Waals surface area contributed by atoms with E-state index in [2.05, 4.69) is 5.10 Å². The molecule has 1 aliphatic carbocycles. The predicted octanol–water partition coefficient (Wildman–Crippen LogP) is 2.72. The van der Waals surface area contributed by atoms with E-state index in [4.69, 9.17) is 58.6 Å². The fourth-order valence-electron chi connectivity index (χ4n) is 1.41. The Morgan fingerprint density at radius 3 is 2.61 bits per heavy atom. The lowest BCUT2D eigenvalue weighted by molar-refractivity contribution is 0.641. The predicted molar refractivity (Wildman–Crippen MR) is 77.7 cm³/mol. The van der Waals surface area contributed by atoms with E-state index in [1.54, 1.807) is 18.2 Å². The van der Waals surface area contributed by atoms with Crippen molar-refractivity contribution < 1.29 is 0 Å². The van der Waals surface area contributed by atoms with Gasteiger partial charge in [-0.25, -0.2) is 4.79 Å². The topological polar surface area (TPSA) is 39.8 Å². The number of aromatic nitrogens is 3. The molecule has 18 heavy (non-hydrogen) atoms. The third kappa shape index (κ3) is 2.51. The molecule has 0 fully saturated rings. The van der Waals surface area contributed by atoms with E-state index in [0.717, 1.165) is 4.68 Å². The molecule has 0 aromatic carbocycles. The summed E-state index contributed by atoms with van der Waals surface area (Å²) in [6.07, 6.45) is 6.25. The van der Waals surface area contributed by atoms with Gasteiger partial charge in [-0.15, -0.1) is 11.6 Å². The van der Waals surface area contributed by atoms with Crippen LogP contribution in [0.5, 0.6) is 0 Å². The van der Waals surface area contributed by atoms with Gasteiger partial charge in [0.1, 0.15) is 11.7 Å². The summed E-state index contributed by atoms with van der Waals surface area (Å²) in [5, 5.41) is 3.12. The molecule has 1 aromatic heterocycles. The number of alkyl halides is 4. The van der Waals surface area contributed by atoms with Crippen molar-refractivity contribution in [2.24, 2.45) is 0 Å². The van der Waals surface area contributed by atoms with Crippen LogP contribution in [-0.4, -0.2) is 24.6 Å². The summed E-state index contributed by atoms with van der Waals surface area (Å²) >= 11 is 28.0. The van der Waals surface area contributed by atoms with E-state index in [0.29, 0.717) is 10.6 Å². The average molecular weight is 345 g/mol. The Morgan fingerprint density at radius 2 is 2.06 bits per heavy atom. The van der Waals surface area contributed by atoms with E-state index < -0.39 is 15.0 Å². The van der Waals surface area contributed by atoms with E-state index >= 15 is 0 Å².